The van der Waals surface area contributed by atoms with Crippen LogP contribution in [0.3, 0.4) is 0 Å². The standard InChI is InChI=1S/C15H21FN2O2/c1-2-15(19)18-11-4-6-12(7-5-11)20-14-9-10(16)3-8-13(14)17/h3,8-9,11-12H,2,4-7,17H2,1H3,(H,18,19). The molecule has 110 valence electrons. The number of nitrogens with two attached hydrogens (primary N) is 1. The van der Waals surface area contributed by atoms with Crippen molar-refractivity contribution in [3.63, 3.8) is 0 Å². The largest absolute Gasteiger partial charge is 0.488 e. The summed E-state index contributed by atoms with van der Waals surface area (Å²) in [6.45, 7) is 1.84. The molecule has 1 saturated carbocycles. The molecule has 0 radical (unpaired) electrons. The van der Waals surface area contributed by atoms with Crippen molar-refractivity contribution in [1.82, 2.24) is 5.32 Å². The van der Waals surface area contributed by atoms with E-state index in [-0.39, 0.29) is 23.9 Å². The minimum atomic E-state index is -0.349. The van der Waals surface area contributed by atoms with E-state index in [1.54, 1.807) is 0 Å². The molecule has 1 fully saturated rings. The van der Waals surface area contributed by atoms with Gasteiger partial charge in [-0.15, -0.1) is 0 Å². The SMILES string of the molecule is CCC(=O)NC1CCC(Oc2cc(F)ccc2N)CC1. The summed E-state index contributed by atoms with van der Waals surface area (Å²) in [6, 6.07) is 4.38. The number of rotatable bonds is 4. The molecule has 0 bridgehead atoms. The molecule has 0 saturated heterocycles. The van der Waals surface area contributed by atoms with Crippen LogP contribution >= 0.6 is 0 Å². The van der Waals surface area contributed by atoms with Crippen LogP contribution in [0.1, 0.15) is 39.0 Å². The van der Waals surface area contributed by atoms with Gasteiger partial charge in [-0.3, -0.25) is 4.79 Å². The number of benzene rings is 1. The lowest BCUT2D eigenvalue weighted by atomic mass is 9.93. The van der Waals surface area contributed by atoms with Crippen molar-refractivity contribution in [3.05, 3.63) is 24.0 Å². The molecule has 0 aromatic heterocycles. The van der Waals surface area contributed by atoms with E-state index in [0.29, 0.717) is 17.9 Å². The van der Waals surface area contributed by atoms with Gasteiger partial charge in [0, 0.05) is 18.5 Å². The van der Waals surface area contributed by atoms with Gasteiger partial charge in [-0.2, -0.15) is 0 Å². The highest BCUT2D eigenvalue weighted by molar-refractivity contribution is 5.75. The summed E-state index contributed by atoms with van der Waals surface area (Å²) in [5, 5.41) is 2.99. The van der Waals surface area contributed by atoms with E-state index in [2.05, 4.69) is 5.32 Å². The second kappa shape index (κ2) is 6.59. The number of anilines is 1. The molecule has 0 spiro atoms. The van der Waals surface area contributed by atoms with Gasteiger partial charge < -0.3 is 15.8 Å². The fourth-order valence-electron chi connectivity index (χ4n) is 2.44. The number of ether oxygens (including phenoxy) is 1. The van der Waals surface area contributed by atoms with Crippen LogP contribution in [0.5, 0.6) is 5.75 Å². The minimum absolute atomic E-state index is 0.0360. The van der Waals surface area contributed by atoms with Crippen LogP contribution < -0.4 is 15.8 Å². The van der Waals surface area contributed by atoms with Gasteiger partial charge in [0.15, 0.2) is 0 Å². The molecule has 1 aromatic carbocycles. The lowest BCUT2D eigenvalue weighted by Gasteiger charge is -2.29. The van der Waals surface area contributed by atoms with Crippen molar-refractivity contribution in [2.75, 3.05) is 5.73 Å². The third kappa shape index (κ3) is 3.85. The molecule has 1 aliphatic rings. The average molecular weight is 280 g/mol. The van der Waals surface area contributed by atoms with Crippen LogP contribution in [0.4, 0.5) is 10.1 Å². The van der Waals surface area contributed by atoms with Gasteiger partial charge in [-0.25, -0.2) is 4.39 Å². The van der Waals surface area contributed by atoms with Gasteiger partial charge in [-0.1, -0.05) is 6.92 Å². The monoisotopic (exact) mass is 280 g/mol. The summed E-state index contributed by atoms with van der Waals surface area (Å²) in [6.07, 6.45) is 3.98. The number of hydrogen-bond donors (Lipinski definition) is 2. The van der Waals surface area contributed by atoms with Gasteiger partial charge >= 0.3 is 0 Å². The molecule has 1 aliphatic carbocycles. The lowest BCUT2D eigenvalue weighted by molar-refractivity contribution is -0.121. The molecule has 0 unspecified atom stereocenters. The Labute approximate surface area is 118 Å². The summed E-state index contributed by atoms with van der Waals surface area (Å²) < 4.78 is 18.9. The topological polar surface area (TPSA) is 64.3 Å². The molecule has 3 N–H and O–H groups in total. The zero-order chi connectivity index (χ0) is 14.5. The molecular formula is C15H21FN2O2. The van der Waals surface area contributed by atoms with Crippen molar-refractivity contribution >= 4 is 11.6 Å². The van der Waals surface area contributed by atoms with Crippen LogP contribution in [0.25, 0.3) is 0 Å². The predicted molar refractivity (Wildman–Crippen MR) is 75.9 cm³/mol. The molecule has 1 amide bonds. The normalized spacial score (nSPS) is 22.3. The summed E-state index contributed by atoms with van der Waals surface area (Å²) in [4.78, 5) is 11.3. The summed E-state index contributed by atoms with van der Waals surface area (Å²) in [5.74, 6) is 0.146. The maximum atomic E-state index is 13.2. The zero-order valence-electron chi connectivity index (χ0n) is 11.7. The second-order valence-corrected chi connectivity index (χ2v) is 5.19. The van der Waals surface area contributed by atoms with Gasteiger partial charge in [0.2, 0.25) is 5.91 Å². The van der Waals surface area contributed by atoms with E-state index in [0.717, 1.165) is 25.7 Å². The minimum Gasteiger partial charge on any atom is -0.488 e. The Bertz CT molecular complexity index is 471. The first-order valence-electron chi connectivity index (χ1n) is 7.09. The van der Waals surface area contributed by atoms with Crippen molar-refractivity contribution in [3.8, 4) is 5.75 Å². The first-order chi connectivity index (χ1) is 9.58. The van der Waals surface area contributed by atoms with Gasteiger partial charge in [0.1, 0.15) is 11.6 Å². The van der Waals surface area contributed by atoms with Gasteiger partial charge in [0.25, 0.3) is 0 Å². The Kier molecular flexibility index (Phi) is 4.82. The van der Waals surface area contributed by atoms with Crippen molar-refractivity contribution in [1.29, 1.82) is 0 Å². The van der Waals surface area contributed by atoms with Crippen LogP contribution in [-0.4, -0.2) is 18.1 Å². The highest BCUT2D eigenvalue weighted by atomic mass is 19.1. The average Bonchev–Trinajstić information content (AvgIpc) is 2.45. The van der Waals surface area contributed by atoms with Crippen LogP contribution in [0, 0.1) is 5.82 Å². The predicted octanol–water partition coefficient (Wildman–Crippen LogP) is 2.62. The maximum absolute atomic E-state index is 13.2. The number of carbonyl (C=O) groups excluding carboxylic acids is 1. The fraction of sp³-hybridized carbons (Fsp3) is 0.533. The Morgan fingerprint density at radius 2 is 2.10 bits per heavy atom. The Morgan fingerprint density at radius 1 is 1.40 bits per heavy atom. The van der Waals surface area contributed by atoms with Crippen LogP contribution in [0.2, 0.25) is 0 Å². The van der Waals surface area contributed by atoms with Gasteiger partial charge in [0.05, 0.1) is 11.8 Å². The molecule has 5 heteroatoms. The molecule has 0 heterocycles. The first kappa shape index (κ1) is 14.6. The number of nitrogen functional groups attached to an aromatic ring is 1. The van der Waals surface area contributed by atoms with Crippen LogP contribution in [0.15, 0.2) is 18.2 Å². The quantitative estimate of drug-likeness (QED) is 0.833. The highest BCUT2D eigenvalue weighted by Crippen LogP contribution is 2.28. The number of halogens is 1. The number of hydrogen-bond acceptors (Lipinski definition) is 3. The van der Waals surface area contributed by atoms with E-state index in [4.69, 9.17) is 10.5 Å². The van der Waals surface area contributed by atoms with E-state index >= 15 is 0 Å². The van der Waals surface area contributed by atoms with Crippen molar-refractivity contribution < 1.29 is 13.9 Å². The number of amides is 1. The molecule has 0 aliphatic heterocycles. The van der Waals surface area contributed by atoms with E-state index < -0.39 is 0 Å². The third-order valence-electron chi connectivity index (χ3n) is 3.63. The Balaban J connectivity index is 1.85. The van der Waals surface area contributed by atoms with Crippen LogP contribution in [-0.2, 0) is 4.79 Å². The van der Waals surface area contributed by atoms with Crippen molar-refractivity contribution in [2.45, 2.75) is 51.2 Å². The second-order valence-electron chi connectivity index (χ2n) is 5.19. The summed E-state index contributed by atoms with van der Waals surface area (Å²) in [5.41, 5.74) is 6.22. The summed E-state index contributed by atoms with van der Waals surface area (Å²) in [7, 11) is 0. The first-order valence-corrected chi connectivity index (χ1v) is 7.09. The Morgan fingerprint density at radius 3 is 2.75 bits per heavy atom. The molecule has 1 aromatic rings. The molecule has 4 nitrogen and oxygen atoms in total. The zero-order valence-corrected chi connectivity index (χ0v) is 11.7. The Hall–Kier alpha value is -1.78. The van der Waals surface area contributed by atoms with E-state index in [1.165, 1.54) is 18.2 Å². The van der Waals surface area contributed by atoms with Gasteiger partial charge in [-0.05, 0) is 37.8 Å². The third-order valence-corrected chi connectivity index (χ3v) is 3.63. The van der Waals surface area contributed by atoms with E-state index in [9.17, 15) is 9.18 Å². The summed E-state index contributed by atoms with van der Waals surface area (Å²) >= 11 is 0. The molecule has 2 rings (SSSR count). The number of nitrogens with one attached hydrogen (secondary N) is 1. The number of carbonyl (C=O) groups is 1. The van der Waals surface area contributed by atoms with Crippen molar-refractivity contribution in [2.24, 2.45) is 0 Å². The van der Waals surface area contributed by atoms with E-state index in [1.807, 2.05) is 6.92 Å². The smallest absolute Gasteiger partial charge is 0.219 e. The molecule has 20 heavy (non-hydrogen) atoms. The lowest BCUT2D eigenvalue weighted by Crippen LogP contribution is -2.39. The molecule has 0 atom stereocenters. The maximum Gasteiger partial charge on any atom is 0.219 e. The highest BCUT2D eigenvalue weighted by Gasteiger charge is 2.23. The fourth-order valence-corrected chi connectivity index (χ4v) is 2.44. The molecular weight excluding hydrogens is 259 g/mol.